The van der Waals surface area contributed by atoms with E-state index in [1.54, 1.807) is 45.4 Å². The highest BCUT2D eigenvalue weighted by Crippen LogP contribution is 2.47. The Hall–Kier alpha value is -3.87. The number of fused-ring (bicyclic) bond motifs is 4. The molecular weight excluding hydrogens is 700 g/mol. The van der Waals surface area contributed by atoms with Gasteiger partial charge >= 0.3 is 0 Å². The number of nitrogens with zero attached hydrogens (tertiary/aromatic N) is 5. The highest BCUT2D eigenvalue weighted by atomic mass is 35.5. The number of halogens is 1. The van der Waals surface area contributed by atoms with Gasteiger partial charge in [0.1, 0.15) is 21.2 Å². The fourth-order valence-corrected chi connectivity index (χ4v) is 10.6. The number of anilines is 2. The summed E-state index contributed by atoms with van der Waals surface area (Å²) in [5, 5.41) is 5.12. The maximum atomic E-state index is 14.7. The van der Waals surface area contributed by atoms with Crippen LogP contribution in [0.3, 0.4) is 0 Å². The van der Waals surface area contributed by atoms with E-state index in [2.05, 4.69) is 43.4 Å². The minimum atomic E-state index is -3.57. The highest BCUT2D eigenvalue weighted by molar-refractivity contribution is 7.92. The van der Waals surface area contributed by atoms with E-state index in [-0.39, 0.29) is 34.3 Å². The lowest BCUT2D eigenvalue weighted by molar-refractivity contribution is 0.0131. The Balaban J connectivity index is 1.30. The first-order chi connectivity index (χ1) is 24.9. The van der Waals surface area contributed by atoms with Gasteiger partial charge in [-0.2, -0.15) is 5.10 Å². The zero-order valence-electron chi connectivity index (χ0n) is 30.6. The smallest absolute Gasteiger partial charge is 0.286 e. The van der Waals surface area contributed by atoms with E-state index in [1.165, 1.54) is 15.8 Å². The van der Waals surface area contributed by atoms with Gasteiger partial charge in [-0.1, -0.05) is 36.7 Å². The molecule has 7 rings (SSSR count). The predicted octanol–water partition coefficient (Wildman–Crippen LogP) is 6.20. The molecule has 1 spiro atoms. The van der Waals surface area contributed by atoms with Crippen LogP contribution in [0.15, 0.2) is 59.1 Å². The van der Waals surface area contributed by atoms with Crippen molar-refractivity contribution in [3.8, 4) is 5.75 Å². The normalized spacial score (nSPS) is 29.4. The summed E-state index contributed by atoms with van der Waals surface area (Å²) in [5.74, 6) is 0.406. The minimum absolute atomic E-state index is 0.0117. The van der Waals surface area contributed by atoms with E-state index in [1.807, 2.05) is 25.1 Å². The second-order valence-electron chi connectivity index (χ2n) is 15.3. The molecule has 1 fully saturated rings. The van der Waals surface area contributed by atoms with Crippen LogP contribution in [-0.4, -0.2) is 78.6 Å². The Morgan fingerprint density at radius 1 is 1.19 bits per heavy atom. The molecule has 11 nitrogen and oxygen atoms in total. The number of carbonyl (C=O) groups excluding carboxylic acids is 2. The van der Waals surface area contributed by atoms with Gasteiger partial charge in [-0.05, 0) is 97.7 Å². The number of methoxy groups -OCH3 is 1. The van der Waals surface area contributed by atoms with Crippen molar-refractivity contribution in [2.45, 2.75) is 57.0 Å². The van der Waals surface area contributed by atoms with Gasteiger partial charge in [0.05, 0.1) is 24.2 Å². The molecule has 0 radical (unpaired) electrons. The Morgan fingerprint density at radius 3 is 2.77 bits per heavy atom. The summed E-state index contributed by atoms with van der Waals surface area (Å²) in [6.45, 7) is 3.94. The summed E-state index contributed by atoms with van der Waals surface area (Å²) in [4.78, 5) is 31.9. The third kappa shape index (κ3) is 7.21. The summed E-state index contributed by atoms with van der Waals surface area (Å²) >= 11 is 6.46. The Kier molecular flexibility index (Phi) is 10.2. The number of hydrogen-bond acceptors (Lipinski definition) is 8. The predicted molar refractivity (Wildman–Crippen MR) is 205 cm³/mol. The van der Waals surface area contributed by atoms with Crippen molar-refractivity contribution >= 4 is 44.8 Å². The second-order valence-corrected chi connectivity index (χ2v) is 17.8. The molecule has 13 heteroatoms. The fourth-order valence-electron chi connectivity index (χ4n) is 8.53. The lowest BCUT2D eigenvalue weighted by Gasteiger charge is -2.46. The Bertz CT molecular complexity index is 2020. The number of nitrogens with one attached hydrogen (secondary N) is 1. The largest absolute Gasteiger partial charge is 0.490 e. The number of amides is 2. The van der Waals surface area contributed by atoms with Gasteiger partial charge in [-0.15, -0.1) is 4.36 Å². The Morgan fingerprint density at radius 2 is 2.02 bits per heavy atom. The molecule has 2 aliphatic carbocycles. The van der Waals surface area contributed by atoms with Crippen LogP contribution in [0.25, 0.3) is 0 Å². The third-order valence-corrected chi connectivity index (χ3v) is 13.5. The third-order valence-electron chi connectivity index (χ3n) is 11.2. The molecule has 1 N–H and O–H groups in total. The topological polar surface area (TPSA) is 118 Å². The van der Waals surface area contributed by atoms with Crippen molar-refractivity contribution in [1.29, 1.82) is 0 Å². The van der Waals surface area contributed by atoms with Crippen LogP contribution in [0.4, 0.5) is 11.5 Å². The molecular formula is C39H49ClN6O5S. The molecule has 52 heavy (non-hydrogen) atoms. The van der Waals surface area contributed by atoms with Crippen molar-refractivity contribution in [2.24, 2.45) is 29.2 Å². The summed E-state index contributed by atoms with van der Waals surface area (Å²) < 4.78 is 35.9. The lowest BCUT2D eigenvalue weighted by atomic mass is 9.68. The molecule has 1 saturated carbocycles. The number of allylic oxidation sites excluding steroid dienone is 1. The van der Waals surface area contributed by atoms with Crippen LogP contribution in [-0.2, 0) is 33.5 Å². The van der Waals surface area contributed by atoms with Gasteiger partial charge in [0.15, 0.2) is 5.82 Å². The average Bonchev–Trinajstić information content (AvgIpc) is 3.42. The van der Waals surface area contributed by atoms with Crippen molar-refractivity contribution in [1.82, 2.24) is 14.5 Å². The molecule has 1 aromatic heterocycles. The van der Waals surface area contributed by atoms with E-state index < -0.39 is 21.7 Å². The number of aryl methyl sites for hydroxylation is 2. The van der Waals surface area contributed by atoms with Crippen molar-refractivity contribution in [3.05, 3.63) is 82.0 Å². The fraction of sp³-hybridized carbons (Fsp3) is 0.513. The Labute approximate surface area is 312 Å². The average molecular weight is 749 g/mol. The minimum Gasteiger partial charge on any atom is -0.490 e. The molecule has 2 amide bonds. The van der Waals surface area contributed by atoms with E-state index in [4.69, 9.17) is 21.1 Å². The molecule has 3 heterocycles. The van der Waals surface area contributed by atoms with Crippen LogP contribution in [0, 0.1) is 17.8 Å². The number of benzene rings is 2. The molecule has 1 unspecified atom stereocenters. The van der Waals surface area contributed by atoms with Crippen LogP contribution >= 0.6 is 11.6 Å². The standard InChI is InChI=1S/C39H49ClN6O5S/c1-25-8-6-10-34(50-5)30-14-11-28(30)20-46-23-39(17-7-9-26-18-29(40)13-15-32(26)39)24-51-35-16-12-27(19-33(35)46)37(47)42-52(49,22-25)43-38(48)31-21-45(4)41-36(31)44(2)3/h6,10,12-13,15-16,18-19,21,25,28,30,34H,7-9,11,14,17,20,22-24H2,1-5H3,(H,42,43,47,48,49)/b10-6+/t25-,28-,30+,34-,39-,52?/m0/s1. The summed E-state index contributed by atoms with van der Waals surface area (Å²) in [7, 11) is 3.47. The van der Waals surface area contributed by atoms with Crippen LogP contribution in [0.5, 0.6) is 5.75 Å². The van der Waals surface area contributed by atoms with Crippen LogP contribution < -0.4 is 19.3 Å². The van der Waals surface area contributed by atoms with E-state index in [9.17, 15) is 13.8 Å². The van der Waals surface area contributed by atoms with Crippen molar-refractivity contribution in [3.63, 3.8) is 0 Å². The first kappa shape index (κ1) is 36.5. The van der Waals surface area contributed by atoms with E-state index in [0.29, 0.717) is 43.0 Å². The zero-order valence-corrected chi connectivity index (χ0v) is 32.2. The van der Waals surface area contributed by atoms with Crippen LogP contribution in [0.2, 0.25) is 5.02 Å². The number of aromatic nitrogens is 2. The second kappa shape index (κ2) is 14.5. The summed E-state index contributed by atoms with van der Waals surface area (Å²) in [6.07, 6.45) is 11.4. The van der Waals surface area contributed by atoms with E-state index in [0.717, 1.165) is 49.4 Å². The summed E-state index contributed by atoms with van der Waals surface area (Å²) in [6, 6.07) is 11.6. The first-order valence-electron chi connectivity index (χ1n) is 18.2. The van der Waals surface area contributed by atoms with Crippen molar-refractivity contribution < 1.29 is 23.3 Å². The molecule has 278 valence electrons. The molecule has 3 aromatic rings. The molecule has 0 saturated heterocycles. The van der Waals surface area contributed by atoms with Crippen LogP contribution in [0.1, 0.15) is 70.9 Å². The zero-order chi connectivity index (χ0) is 36.8. The van der Waals surface area contributed by atoms with Gasteiger partial charge < -0.3 is 19.3 Å². The molecule has 2 bridgehead atoms. The SMILES string of the molecule is CO[C@H]1/C=C/C[C@H](C)CS(=O)(NC(=O)c2cn(C)nc2N(C)C)=NC(=O)c2ccc3c(c2)N(C[C@@H]2CC[C@H]21)C[C@@]1(CCCc2cc(Cl)ccc21)CO3. The number of rotatable bonds is 4. The lowest BCUT2D eigenvalue weighted by Crippen LogP contribution is -2.49. The van der Waals surface area contributed by atoms with Gasteiger partial charge in [0.25, 0.3) is 11.8 Å². The summed E-state index contributed by atoms with van der Waals surface area (Å²) in [5.41, 5.74) is 3.62. The molecule has 2 aromatic carbocycles. The highest BCUT2D eigenvalue weighted by Gasteiger charge is 2.44. The number of hydrogen-bond donors (Lipinski definition) is 1. The van der Waals surface area contributed by atoms with Gasteiger partial charge in [-0.3, -0.25) is 19.0 Å². The quantitative estimate of drug-likeness (QED) is 0.314. The molecule has 6 atom stereocenters. The van der Waals surface area contributed by atoms with Gasteiger partial charge in [0, 0.05) is 63.5 Å². The molecule has 4 aliphatic rings. The maximum absolute atomic E-state index is 14.7. The van der Waals surface area contributed by atoms with Gasteiger partial charge in [-0.25, -0.2) is 4.21 Å². The van der Waals surface area contributed by atoms with Crippen molar-refractivity contribution in [2.75, 3.05) is 56.5 Å². The number of ether oxygens (including phenoxy) is 2. The molecule has 2 aliphatic heterocycles. The van der Waals surface area contributed by atoms with E-state index >= 15 is 0 Å². The maximum Gasteiger partial charge on any atom is 0.286 e. The van der Waals surface area contributed by atoms with Gasteiger partial charge in [0.2, 0.25) is 0 Å². The first-order valence-corrected chi connectivity index (χ1v) is 20.3. The monoisotopic (exact) mass is 748 g/mol. The number of carbonyl (C=O) groups is 2.